The van der Waals surface area contributed by atoms with Gasteiger partial charge in [-0.3, -0.25) is 10.1 Å². The Bertz CT molecular complexity index is 410. The standard InChI is InChI=1S/C13H20N2O4/c14-10-11-5-6-13(12(9-11)15(17)18)19-8-4-2-1-3-7-16/h5-6,9,16H,1-4,7-8,10,14H2. The number of benzene rings is 1. The van der Waals surface area contributed by atoms with E-state index in [0.29, 0.717) is 12.2 Å². The van der Waals surface area contributed by atoms with Crippen molar-refractivity contribution in [1.82, 2.24) is 0 Å². The minimum atomic E-state index is -0.458. The highest BCUT2D eigenvalue weighted by atomic mass is 16.6. The van der Waals surface area contributed by atoms with Gasteiger partial charge in [0.05, 0.1) is 11.5 Å². The van der Waals surface area contributed by atoms with Crippen molar-refractivity contribution in [3.05, 3.63) is 33.9 Å². The first-order valence-electron chi connectivity index (χ1n) is 6.40. The Labute approximate surface area is 112 Å². The molecular weight excluding hydrogens is 248 g/mol. The van der Waals surface area contributed by atoms with E-state index in [0.717, 1.165) is 25.7 Å². The van der Waals surface area contributed by atoms with E-state index in [4.69, 9.17) is 15.6 Å². The summed E-state index contributed by atoms with van der Waals surface area (Å²) in [6.07, 6.45) is 3.48. The van der Waals surface area contributed by atoms with Crippen molar-refractivity contribution in [2.24, 2.45) is 5.73 Å². The van der Waals surface area contributed by atoms with Crippen LogP contribution >= 0.6 is 0 Å². The Morgan fingerprint density at radius 2 is 2.00 bits per heavy atom. The Morgan fingerprint density at radius 1 is 1.26 bits per heavy atom. The summed E-state index contributed by atoms with van der Waals surface area (Å²) in [5, 5.41) is 19.6. The average molecular weight is 268 g/mol. The third kappa shape index (κ3) is 5.23. The summed E-state index contributed by atoms with van der Waals surface area (Å²) >= 11 is 0. The lowest BCUT2D eigenvalue weighted by Crippen LogP contribution is -2.03. The molecule has 19 heavy (non-hydrogen) atoms. The Kier molecular flexibility index (Phi) is 6.84. The lowest BCUT2D eigenvalue weighted by atomic mass is 10.2. The predicted octanol–water partition coefficient (Wildman–Crippen LogP) is 1.98. The largest absolute Gasteiger partial charge is 0.487 e. The van der Waals surface area contributed by atoms with Crippen LogP contribution in [0.1, 0.15) is 31.2 Å². The number of nitro groups is 1. The number of aliphatic hydroxyl groups excluding tert-OH is 1. The van der Waals surface area contributed by atoms with Gasteiger partial charge in [-0.1, -0.05) is 12.5 Å². The number of rotatable bonds is 9. The molecule has 1 rings (SSSR count). The second-order valence-corrected chi connectivity index (χ2v) is 4.25. The summed E-state index contributed by atoms with van der Waals surface area (Å²) in [5.41, 5.74) is 6.12. The maximum atomic E-state index is 10.9. The van der Waals surface area contributed by atoms with E-state index >= 15 is 0 Å². The quantitative estimate of drug-likeness (QED) is 0.405. The zero-order chi connectivity index (χ0) is 14.1. The fourth-order valence-electron chi connectivity index (χ4n) is 1.70. The normalized spacial score (nSPS) is 10.4. The minimum Gasteiger partial charge on any atom is -0.487 e. The summed E-state index contributed by atoms with van der Waals surface area (Å²) in [6, 6.07) is 4.77. The van der Waals surface area contributed by atoms with Crippen LogP contribution in [0.5, 0.6) is 5.75 Å². The molecule has 0 bridgehead atoms. The van der Waals surface area contributed by atoms with Crippen molar-refractivity contribution in [2.75, 3.05) is 13.2 Å². The second-order valence-electron chi connectivity index (χ2n) is 4.25. The SMILES string of the molecule is NCc1ccc(OCCCCCCO)c([N+](=O)[O-])c1. The van der Waals surface area contributed by atoms with Gasteiger partial charge in [-0.15, -0.1) is 0 Å². The Hall–Kier alpha value is -1.66. The number of nitrogens with two attached hydrogens (primary N) is 1. The molecule has 0 spiro atoms. The zero-order valence-electron chi connectivity index (χ0n) is 10.9. The molecule has 6 heteroatoms. The maximum absolute atomic E-state index is 10.9. The monoisotopic (exact) mass is 268 g/mol. The van der Waals surface area contributed by atoms with Gasteiger partial charge in [0.25, 0.3) is 0 Å². The van der Waals surface area contributed by atoms with Gasteiger partial charge in [-0.05, 0) is 30.9 Å². The first kappa shape index (κ1) is 15.4. The average Bonchev–Trinajstić information content (AvgIpc) is 2.42. The number of ether oxygens (including phenoxy) is 1. The van der Waals surface area contributed by atoms with E-state index in [2.05, 4.69) is 0 Å². The molecule has 0 saturated carbocycles. The topological polar surface area (TPSA) is 98.6 Å². The number of hydrogen-bond acceptors (Lipinski definition) is 5. The second kappa shape index (κ2) is 8.44. The highest BCUT2D eigenvalue weighted by Gasteiger charge is 2.15. The molecule has 1 aromatic carbocycles. The molecule has 0 aromatic heterocycles. The number of aliphatic hydroxyl groups is 1. The molecule has 0 saturated heterocycles. The summed E-state index contributed by atoms with van der Waals surface area (Å²) in [7, 11) is 0. The van der Waals surface area contributed by atoms with Gasteiger partial charge in [0.1, 0.15) is 0 Å². The van der Waals surface area contributed by atoms with E-state index in [1.165, 1.54) is 6.07 Å². The molecule has 0 aliphatic carbocycles. The van der Waals surface area contributed by atoms with Crippen molar-refractivity contribution in [2.45, 2.75) is 32.2 Å². The van der Waals surface area contributed by atoms with Crippen LogP contribution in [-0.2, 0) is 6.54 Å². The highest BCUT2D eigenvalue weighted by molar-refractivity contribution is 5.48. The third-order valence-corrected chi connectivity index (χ3v) is 2.77. The van der Waals surface area contributed by atoms with E-state index in [9.17, 15) is 10.1 Å². The molecule has 0 aliphatic rings. The van der Waals surface area contributed by atoms with Gasteiger partial charge < -0.3 is 15.6 Å². The lowest BCUT2D eigenvalue weighted by molar-refractivity contribution is -0.385. The van der Waals surface area contributed by atoms with Crippen LogP contribution in [0.4, 0.5) is 5.69 Å². The lowest BCUT2D eigenvalue weighted by Gasteiger charge is -2.07. The van der Waals surface area contributed by atoms with Crippen LogP contribution in [0.3, 0.4) is 0 Å². The number of unbranched alkanes of at least 4 members (excludes halogenated alkanes) is 3. The molecule has 0 aliphatic heterocycles. The Balaban J connectivity index is 2.50. The van der Waals surface area contributed by atoms with Gasteiger partial charge in [0.2, 0.25) is 0 Å². The third-order valence-electron chi connectivity index (χ3n) is 2.77. The first-order chi connectivity index (χ1) is 9.19. The van der Waals surface area contributed by atoms with Gasteiger partial charge in [0, 0.05) is 19.2 Å². The van der Waals surface area contributed by atoms with E-state index in [-0.39, 0.29) is 24.6 Å². The van der Waals surface area contributed by atoms with Crippen LogP contribution in [0.2, 0.25) is 0 Å². The first-order valence-corrected chi connectivity index (χ1v) is 6.40. The van der Waals surface area contributed by atoms with Gasteiger partial charge in [0.15, 0.2) is 5.75 Å². The fourth-order valence-corrected chi connectivity index (χ4v) is 1.70. The smallest absolute Gasteiger partial charge is 0.311 e. The molecule has 3 N–H and O–H groups in total. The maximum Gasteiger partial charge on any atom is 0.311 e. The highest BCUT2D eigenvalue weighted by Crippen LogP contribution is 2.28. The molecule has 106 valence electrons. The van der Waals surface area contributed by atoms with Gasteiger partial charge >= 0.3 is 5.69 Å². The summed E-state index contributed by atoms with van der Waals surface area (Å²) in [6.45, 7) is 0.906. The molecule has 0 unspecified atom stereocenters. The molecule has 6 nitrogen and oxygen atoms in total. The van der Waals surface area contributed by atoms with Crippen LogP contribution in [0, 0.1) is 10.1 Å². The number of hydrogen-bond donors (Lipinski definition) is 2. The van der Waals surface area contributed by atoms with Crippen LogP contribution in [-0.4, -0.2) is 23.2 Å². The number of nitrogens with zero attached hydrogens (tertiary/aromatic N) is 1. The molecular formula is C13H20N2O4. The van der Waals surface area contributed by atoms with Crippen molar-refractivity contribution in [3.8, 4) is 5.75 Å². The van der Waals surface area contributed by atoms with Crippen molar-refractivity contribution >= 4 is 5.69 Å². The molecule has 0 fully saturated rings. The van der Waals surface area contributed by atoms with Gasteiger partial charge in [-0.2, -0.15) is 0 Å². The van der Waals surface area contributed by atoms with E-state index in [1.54, 1.807) is 12.1 Å². The van der Waals surface area contributed by atoms with E-state index in [1.807, 2.05) is 0 Å². The summed E-state index contributed by atoms with van der Waals surface area (Å²) in [4.78, 5) is 10.5. The van der Waals surface area contributed by atoms with Crippen LogP contribution in [0.25, 0.3) is 0 Å². The molecule has 0 radical (unpaired) electrons. The van der Waals surface area contributed by atoms with Crippen LogP contribution in [0.15, 0.2) is 18.2 Å². The van der Waals surface area contributed by atoms with E-state index < -0.39 is 4.92 Å². The minimum absolute atomic E-state index is 0.0432. The molecule has 0 heterocycles. The molecule has 0 atom stereocenters. The molecule has 0 amide bonds. The van der Waals surface area contributed by atoms with Gasteiger partial charge in [-0.25, -0.2) is 0 Å². The van der Waals surface area contributed by atoms with Crippen molar-refractivity contribution in [1.29, 1.82) is 0 Å². The predicted molar refractivity (Wildman–Crippen MR) is 72.0 cm³/mol. The van der Waals surface area contributed by atoms with Crippen LogP contribution < -0.4 is 10.5 Å². The molecule has 1 aromatic rings. The van der Waals surface area contributed by atoms with Crippen molar-refractivity contribution < 1.29 is 14.8 Å². The fraction of sp³-hybridized carbons (Fsp3) is 0.538. The Morgan fingerprint density at radius 3 is 2.63 bits per heavy atom. The van der Waals surface area contributed by atoms with Crippen molar-refractivity contribution in [3.63, 3.8) is 0 Å². The summed E-state index contributed by atoms with van der Waals surface area (Å²) in [5.74, 6) is 0.282. The number of nitro benzene ring substituents is 1. The summed E-state index contributed by atoms with van der Waals surface area (Å²) < 4.78 is 5.43. The zero-order valence-corrected chi connectivity index (χ0v) is 10.9.